The lowest BCUT2D eigenvalue weighted by atomic mass is 9.94. The Labute approximate surface area is 166 Å². The summed E-state index contributed by atoms with van der Waals surface area (Å²) in [5.74, 6) is 0.850. The van der Waals surface area contributed by atoms with Gasteiger partial charge in [0.15, 0.2) is 0 Å². The van der Waals surface area contributed by atoms with Crippen molar-refractivity contribution in [2.24, 2.45) is 11.8 Å². The minimum Gasteiger partial charge on any atom is -0.338 e. The van der Waals surface area contributed by atoms with Crippen LogP contribution < -0.4 is 0 Å². The van der Waals surface area contributed by atoms with Gasteiger partial charge in [0.2, 0.25) is 0 Å². The molecule has 5 rings (SSSR count). The maximum Gasteiger partial charge on any atom is 0.261 e. The van der Waals surface area contributed by atoms with E-state index in [1.807, 2.05) is 11.9 Å². The maximum atomic E-state index is 13.1. The number of benzene rings is 1. The van der Waals surface area contributed by atoms with Crippen molar-refractivity contribution in [3.63, 3.8) is 0 Å². The smallest absolute Gasteiger partial charge is 0.261 e. The van der Waals surface area contributed by atoms with Gasteiger partial charge in [0, 0.05) is 24.7 Å². The first-order valence-electron chi connectivity index (χ1n) is 10.9. The largest absolute Gasteiger partial charge is 0.338 e. The average Bonchev–Trinajstić information content (AvgIpc) is 3.63. The molecule has 1 aromatic rings. The Kier molecular flexibility index (Phi) is 4.29. The molecule has 0 spiro atoms. The van der Waals surface area contributed by atoms with Crippen molar-refractivity contribution in [2.75, 3.05) is 7.05 Å². The molecule has 3 amide bonds. The van der Waals surface area contributed by atoms with Crippen LogP contribution in [0.5, 0.6) is 0 Å². The van der Waals surface area contributed by atoms with Crippen molar-refractivity contribution in [3.8, 4) is 0 Å². The van der Waals surface area contributed by atoms with Crippen LogP contribution in [-0.4, -0.2) is 46.7 Å². The summed E-state index contributed by atoms with van der Waals surface area (Å²) in [7, 11) is 1.90. The van der Waals surface area contributed by atoms with E-state index in [0.717, 1.165) is 25.7 Å². The van der Waals surface area contributed by atoms with Crippen molar-refractivity contribution in [1.29, 1.82) is 0 Å². The first kappa shape index (κ1) is 17.9. The maximum absolute atomic E-state index is 13.1. The molecule has 1 aliphatic heterocycles. The first-order valence-corrected chi connectivity index (χ1v) is 10.9. The van der Waals surface area contributed by atoms with E-state index in [4.69, 9.17) is 0 Å². The number of hydrogen-bond acceptors (Lipinski definition) is 3. The molecular weight excluding hydrogens is 352 g/mol. The Hall–Kier alpha value is -2.17. The van der Waals surface area contributed by atoms with E-state index in [-0.39, 0.29) is 23.8 Å². The monoisotopic (exact) mass is 380 g/mol. The van der Waals surface area contributed by atoms with Gasteiger partial charge in [0.05, 0.1) is 11.1 Å². The van der Waals surface area contributed by atoms with Gasteiger partial charge in [0.1, 0.15) is 0 Å². The zero-order valence-corrected chi connectivity index (χ0v) is 16.5. The van der Waals surface area contributed by atoms with Gasteiger partial charge in [-0.15, -0.1) is 0 Å². The summed E-state index contributed by atoms with van der Waals surface area (Å²) in [6.07, 6.45) is 9.95. The molecule has 28 heavy (non-hydrogen) atoms. The molecule has 1 heterocycles. The number of rotatable bonds is 5. The van der Waals surface area contributed by atoms with E-state index >= 15 is 0 Å². The molecule has 0 unspecified atom stereocenters. The fourth-order valence-electron chi connectivity index (χ4n) is 5.30. The van der Waals surface area contributed by atoms with Gasteiger partial charge < -0.3 is 4.90 Å². The number of amides is 3. The standard InChI is InChI=1S/C23H28N2O3/c1-24(20(14-7-8-14)15-9-10-15)21(26)16-11-12-18-19(13-16)23(28)25(22(18)27)17-5-3-2-4-6-17/h11-15,17,20H,2-10H2,1H3. The normalized spacial score (nSPS) is 22.7. The minimum atomic E-state index is -0.217. The molecule has 3 aliphatic carbocycles. The number of hydrogen-bond donors (Lipinski definition) is 0. The van der Waals surface area contributed by atoms with Crippen LogP contribution in [0.25, 0.3) is 0 Å². The van der Waals surface area contributed by atoms with Gasteiger partial charge in [-0.3, -0.25) is 19.3 Å². The van der Waals surface area contributed by atoms with Crippen molar-refractivity contribution >= 4 is 17.7 Å². The predicted molar refractivity (Wildman–Crippen MR) is 105 cm³/mol. The molecular formula is C23H28N2O3. The van der Waals surface area contributed by atoms with E-state index in [1.165, 1.54) is 37.0 Å². The number of imide groups is 1. The fraction of sp³-hybridized carbons (Fsp3) is 0.609. The van der Waals surface area contributed by atoms with Gasteiger partial charge >= 0.3 is 0 Å². The third kappa shape index (κ3) is 2.96. The number of nitrogens with zero attached hydrogens (tertiary/aromatic N) is 2. The molecule has 0 bridgehead atoms. The van der Waals surface area contributed by atoms with Crippen LogP contribution >= 0.6 is 0 Å². The summed E-state index contributed by atoms with van der Waals surface area (Å²) in [4.78, 5) is 42.3. The van der Waals surface area contributed by atoms with Gasteiger partial charge in [0.25, 0.3) is 17.7 Å². The Bertz CT molecular complexity index is 822. The second-order valence-corrected chi connectivity index (χ2v) is 9.11. The Morgan fingerprint density at radius 1 is 0.929 bits per heavy atom. The lowest BCUT2D eigenvalue weighted by Gasteiger charge is -2.29. The Balaban J connectivity index is 1.39. The molecule has 0 saturated heterocycles. The minimum absolute atomic E-state index is 0.0112. The van der Waals surface area contributed by atoms with E-state index in [9.17, 15) is 14.4 Å². The fourth-order valence-corrected chi connectivity index (χ4v) is 5.30. The molecule has 0 atom stereocenters. The number of carbonyl (C=O) groups excluding carboxylic acids is 3. The quantitative estimate of drug-likeness (QED) is 0.729. The van der Waals surface area contributed by atoms with Crippen LogP contribution in [0.2, 0.25) is 0 Å². The topological polar surface area (TPSA) is 57.7 Å². The Morgan fingerprint density at radius 3 is 2.14 bits per heavy atom. The molecule has 148 valence electrons. The summed E-state index contributed by atoms with van der Waals surface area (Å²) in [5.41, 5.74) is 1.39. The van der Waals surface area contributed by atoms with Crippen LogP contribution in [0.4, 0.5) is 0 Å². The SMILES string of the molecule is CN(C(=O)c1ccc2c(c1)C(=O)N(C1CCCCC1)C2=O)C(C1CC1)C1CC1. The summed E-state index contributed by atoms with van der Waals surface area (Å²) >= 11 is 0. The molecule has 1 aromatic carbocycles. The van der Waals surface area contributed by atoms with Crippen LogP contribution in [0.15, 0.2) is 18.2 Å². The highest BCUT2D eigenvalue weighted by molar-refractivity contribution is 6.22. The molecule has 4 aliphatic rings. The Morgan fingerprint density at radius 2 is 1.54 bits per heavy atom. The van der Waals surface area contributed by atoms with E-state index in [2.05, 4.69) is 0 Å². The first-order chi connectivity index (χ1) is 13.6. The lowest BCUT2D eigenvalue weighted by molar-refractivity contribution is 0.0548. The van der Waals surface area contributed by atoms with Crippen molar-refractivity contribution < 1.29 is 14.4 Å². The third-order valence-electron chi connectivity index (χ3n) is 7.08. The molecule has 3 saturated carbocycles. The molecule has 5 nitrogen and oxygen atoms in total. The molecule has 0 radical (unpaired) electrons. The van der Waals surface area contributed by atoms with E-state index < -0.39 is 0 Å². The molecule has 3 fully saturated rings. The zero-order chi connectivity index (χ0) is 19.4. The van der Waals surface area contributed by atoms with Crippen LogP contribution in [0.1, 0.15) is 88.9 Å². The van der Waals surface area contributed by atoms with Crippen molar-refractivity contribution in [2.45, 2.75) is 69.9 Å². The zero-order valence-electron chi connectivity index (χ0n) is 16.5. The van der Waals surface area contributed by atoms with E-state index in [0.29, 0.717) is 34.6 Å². The predicted octanol–water partition coefficient (Wildman–Crippen LogP) is 3.88. The van der Waals surface area contributed by atoms with Gasteiger partial charge in [-0.2, -0.15) is 0 Å². The van der Waals surface area contributed by atoms with E-state index in [1.54, 1.807) is 18.2 Å². The number of carbonyl (C=O) groups is 3. The highest BCUT2D eigenvalue weighted by Crippen LogP contribution is 2.47. The summed E-state index contributed by atoms with van der Waals surface area (Å²) in [5, 5.41) is 0. The highest BCUT2D eigenvalue weighted by Gasteiger charge is 2.45. The van der Waals surface area contributed by atoms with Gasteiger partial charge in [-0.1, -0.05) is 19.3 Å². The van der Waals surface area contributed by atoms with Crippen LogP contribution in [0.3, 0.4) is 0 Å². The third-order valence-corrected chi connectivity index (χ3v) is 7.08. The highest BCUT2D eigenvalue weighted by atomic mass is 16.2. The van der Waals surface area contributed by atoms with Crippen LogP contribution in [0, 0.1) is 11.8 Å². The van der Waals surface area contributed by atoms with Gasteiger partial charge in [-0.25, -0.2) is 0 Å². The summed E-state index contributed by atoms with van der Waals surface area (Å²) < 4.78 is 0. The summed E-state index contributed by atoms with van der Waals surface area (Å²) in [6.45, 7) is 0. The second kappa shape index (κ2) is 6.71. The number of fused-ring (bicyclic) bond motifs is 1. The second-order valence-electron chi connectivity index (χ2n) is 9.11. The summed E-state index contributed by atoms with van der Waals surface area (Å²) in [6, 6.07) is 5.41. The molecule has 0 aromatic heterocycles. The van der Waals surface area contributed by atoms with Crippen LogP contribution in [-0.2, 0) is 0 Å². The average molecular weight is 380 g/mol. The molecule has 5 heteroatoms. The van der Waals surface area contributed by atoms with Gasteiger partial charge in [-0.05, 0) is 68.6 Å². The van der Waals surface area contributed by atoms with Crippen molar-refractivity contribution in [3.05, 3.63) is 34.9 Å². The molecule has 0 N–H and O–H groups in total. The lowest BCUT2D eigenvalue weighted by Crippen LogP contribution is -2.41. The van der Waals surface area contributed by atoms with Crippen molar-refractivity contribution in [1.82, 2.24) is 9.80 Å².